The summed E-state index contributed by atoms with van der Waals surface area (Å²) >= 11 is 3.58. The molecule has 5 aliphatic heterocycles. The van der Waals surface area contributed by atoms with Crippen LogP contribution in [0.1, 0.15) is 93.1 Å². The van der Waals surface area contributed by atoms with Crippen LogP contribution in [0.2, 0.25) is 0 Å². The van der Waals surface area contributed by atoms with Crippen molar-refractivity contribution >= 4 is 44.3 Å². The van der Waals surface area contributed by atoms with Crippen LogP contribution in [0.15, 0.2) is 69.9 Å². The highest BCUT2D eigenvalue weighted by molar-refractivity contribution is 9.10. The van der Waals surface area contributed by atoms with E-state index < -0.39 is 0 Å². The number of nitrogens with one attached hydrogen (secondary N) is 1. The molecule has 2 atom stereocenters. The van der Waals surface area contributed by atoms with Crippen LogP contribution in [-0.4, -0.2) is 71.2 Å². The molecule has 52 heavy (non-hydrogen) atoms. The number of nitrogens with zero attached hydrogens (tertiary/aromatic N) is 4. The Balaban J connectivity index is 0.794. The number of fused-ring (bicyclic) bond motifs is 5. The largest absolute Gasteiger partial charge is 0.375 e. The summed E-state index contributed by atoms with van der Waals surface area (Å²) in [6.07, 6.45) is 6.48. The molecule has 2 unspecified atom stereocenters. The van der Waals surface area contributed by atoms with Gasteiger partial charge in [0.25, 0.3) is 5.56 Å². The van der Waals surface area contributed by atoms with E-state index in [1.807, 2.05) is 18.2 Å². The molecule has 0 bridgehead atoms. The minimum Gasteiger partial charge on any atom is -0.375 e. The quantitative estimate of drug-likeness (QED) is 0.230. The van der Waals surface area contributed by atoms with Crippen LogP contribution in [0.5, 0.6) is 0 Å². The van der Waals surface area contributed by atoms with Crippen LogP contribution in [0.25, 0.3) is 16.6 Å². The fourth-order valence-corrected chi connectivity index (χ4v) is 10.4. The topological polar surface area (TPSA) is 96.8 Å². The predicted molar refractivity (Wildman–Crippen MR) is 205 cm³/mol. The predicted octanol–water partition coefficient (Wildman–Crippen LogP) is 6.56. The summed E-state index contributed by atoms with van der Waals surface area (Å²) < 4.78 is 9.57. The highest BCUT2D eigenvalue weighted by atomic mass is 79.9. The molecule has 0 saturated carbocycles. The van der Waals surface area contributed by atoms with Gasteiger partial charge in [0.15, 0.2) is 0 Å². The first kappa shape index (κ1) is 33.9. The maximum Gasteiger partial charge on any atom is 0.281 e. The fraction of sp³-hybridized carbons (Fsp3) is 0.476. The Hall–Kier alpha value is -3.86. The van der Waals surface area contributed by atoms with Gasteiger partial charge in [-0.1, -0.05) is 30.3 Å². The Morgan fingerprint density at radius 1 is 0.923 bits per heavy atom. The van der Waals surface area contributed by atoms with Crippen molar-refractivity contribution in [2.75, 3.05) is 44.2 Å². The highest BCUT2D eigenvalue weighted by Gasteiger charge is 2.44. The molecule has 3 aromatic carbocycles. The van der Waals surface area contributed by atoms with Crippen LogP contribution in [0, 0.1) is 5.92 Å². The van der Waals surface area contributed by atoms with Crippen molar-refractivity contribution in [3.63, 3.8) is 0 Å². The minimum atomic E-state index is -0.362. The van der Waals surface area contributed by atoms with Gasteiger partial charge in [0.2, 0.25) is 11.8 Å². The molecule has 9 rings (SSSR count). The average Bonchev–Trinajstić information content (AvgIpc) is 3.63. The van der Waals surface area contributed by atoms with E-state index in [0.29, 0.717) is 30.1 Å². The number of amides is 2. The van der Waals surface area contributed by atoms with Gasteiger partial charge in [-0.15, -0.1) is 0 Å². The number of ether oxygens (including phenoxy) is 1. The standard InChI is InChI=1S/C42H46BrN5O4/c1-41(2)32-22-29(8-12-34(32)48-35-5-3-4-33(43)37(35)39(51)45-40(41)48)27-14-18-46(19-15-27)24-26-23-42(52-25-26)16-20-47(21-17-42)30-9-6-28(7-10-30)31-11-13-36(49)44-38(31)50/h3-10,12,22,26-27,31H,11,13-21,23-25H2,1-2H3,(H,44,49,50). The zero-order chi connectivity index (χ0) is 35.8. The van der Waals surface area contributed by atoms with Crippen LogP contribution >= 0.6 is 15.9 Å². The van der Waals surface area contributed by atoms with E-state index in [2.05, 4.69) is 96.9 Å². The number of likely N-dealkylation sites (tertiary alicyclic amines) is 1. The number of halogens is 1. The number of piperidine rings is 3. The number of carbonyl (C=O) groups excluding carboxylic acids is 2. The Morgan fingerprint density at radius 3 is 2.42 bits per heavy atom. The highest BCUT2D eigenvalue weighted by Crippen LogP contribution is 2.45. The molecule has 4 fully saturated rings. The van der Waals surface area contributed by atoms with Gasteiger partial charge in [0.1, 0.15) is 5.82 Å². The summed E-state index contributed by atoms with van der Waals surface area (Å²) in [4.78, 5) is 46.7. The van der Waals surface area contributed by atoms with E-state index in [0.717, 1.165) is 98.5 Å². The zero-order valence-electron chi connectivity index (χ0n) is 30.0. The van der Waals surface area contributed by atoms with E-state index in [9.17, 15) is 14.4 Å². The Kier molecular flexibility index (Phi) is 8.43. The molecule has 6 heterocycles. The fourth-order valence-electron chi connectivity index (χ4n) is 9.83. The lowest BCUT2D eigenvalue weighted by atomic mass is 9.81. The normalized spacial score (nSPS) is 24.3. The third kappa shape index (κ3) is 5.82. The first-order valence-electron chi connectivity index (χ1n) is 19.0. The van der Waals surface area contributed by atoms with Crippen LogP contribution in [-0.2, 0) is 19.7 Å². The smallest absolute Gasteiger partial charge is 0.281 e. The van der Waals surface area contributed by atoms with Crippen molar-refractivity contribution < 1.29 is 14.3 Å². The van der Waals surface area contributed by atoms with Crippen molar-refractivity contribution in [2.45, 2.75) is 81.6 Å². The summed E-state index contributed by atoms with van der Waals surface area (Å²) in [6.45, 7) is 10.5. The number of rotatable bonds is 5. The van der Waals surface area contributed by atoms with Crippen molar-refractivity contribution in [2.24, 2.45) is 5.92 Å². The number of hydrogen-bond acceptors (Lipinski definition) is 7. The second-order valence-corrected chi connectivity index (χ2v) is 17.2. The maximum atomic E-state index is 13.1. The molecule has 10 heteroatoms. The van der Waals surface area contributed by atoms with Gasteiger partial charge < -0.3 is 14.5 Å². The first-order chi connectivity index (χ1) is 25.1. The molecule has 0 radical (unpaired) electrons. The number of aromatic nitrogens is 2. The lowest BCUT2D eigenvalue weighted by molar-refractivity contribution is -0.134. The van der Waals surface area contributed by atoms with Crippen LogP contribution in [0.3, 0.4) is 0 Å². The van der Waals surface area contributed by atoms with Crippen molar-refractivity contribution in [1.82, 2.24) is 19.8 Å². The minimum absolute atomic E-state index is 0.0118. The molecular weight excluding hydrogens is 718 g/mol. The van der Waals surface area contributed by atoms with Gasteiger partial charge in [0.05, 0.1) is 40.1 Å². The lowest BCUT2D eigenvalue weighted by Gasteiger charge is -2.40. The third-order valence-corrected chi connectivity index (χ3v) is 13.5. The Morgan fingerprint density at radius 2 is 1.67 bits per heavy atom. The third-order valence-electron chi connectivity index (χ3n) is 12.8. The van der Waals surface area contributed by atoms with Crippen LogP contribution < -0.4 is 15.8 Å². The molecule has 4 saturated heterocycles. The van der Waals surface area contributed by atoms with Gasteiger partial charge in [-0.05, 0) is 140 Å². The van der Waals surface area contributed by atoms with E-state index in [-0.39, 0.29) is 34.3 Å². The number of imide groups is 1. The lowest BCUT2D eigenvalue weighted by Crippen LogP contribution is -2.44. The van der Waals surface area contributed by atoms with Gasteiger partial charge in [-0.25, -0.2) is 0 Å². The molecule has 4 aromatic rings. The molecular formula is C42H46BrN5O4. The first-order valence-corrected chi connectivity index (χ1v) is 19.8. The van der Waals surface area contributed by atoms with Gasteiger partial charge in [0, 0.05) is 36.2 Å². The molecule has 5 aliphatic rings. The van der Waals surface area contributed by atoms with Gasteiger partial charge in [-0.2, -0.15) is 4.98 Å². The van der Waals surface area contributed by atoms with Crippen molar-refractivity contribution in [3.8, 4) is 5.69 Å². The maximum absolute atomic E-state index is 13.1. The second-order valence-electron chi connectivity index (χ2n) is 16.3. The SMILES string of the molecule is CC1(C)c2cc(C3CCN(CC4COC5(CCN(c6ccc(C7CCC(=O)NC7=O)cc6)CC5)C4)CC3)ccc2-n2c1nc(=O)c1c(Br)cccc12. The Labute approximate surface area is 312 Å². The average molecular weight is 765 g/mol. The molecule has 9 nitrogen and oxygen atoms in total. The second kappa shape index (κ2) is 12.9. The summed E-state index contributed by atoms with van der Waals surface area (Å²) in [6, 6.07) is 21.2. The molecule has 0 aliphatic carbocycles. The zero-order valence-corrected chi connectivity index (χ0v) is 31.6. The molecule has 270 valence electrons. The monoisotopic (exact) mass is 763 g/mol. The van der Waals surface area contributed by atoms with Crippen molar-refractivity contribution in [1.29, 1.82) is 0 Å². The van der Waals surface area contributed by atoms with E-state index in [1.54, 1.807) is 0 Å². The summed E-state index contributed by atoms with van der Waals surface area (Å²) in [5, 5.41) is 3.10. The summed E-state index contributed by atoms with van der Waals surface area (Å²) in [5.74, 6) is 1.30. The van der Waals surface area contributed by atoms with Gasteiger partial charge in [-0.3, -0.25) is 24.3 Å². The summed E-state index contributed by atoms with van der Waals surface area (Å²) in [7, 11) is 0. The van der Waals surface area contributed by atoms with Gasteiger partial charge >= 0.3 is 0 Å². The van der Waals surface area contributed by atoms with Crippen LogP contribution in [0.4, 0.5) is 5.69 Å². The molecule has 1 spiro atoms. The molecule has 1 N–H and O–H groups in total. The van der Waals surface area contributed by atoms with E-state index in [1.165, 1.54) is 16.8 Å². The van der Waals surface area contributed by atoms with E-state index in [4.69, 9.17) is 4.74 Å². The number of benzene rings is 3. The summed E-state index contributed by atoms with van der Waals surface area (Å²) in [5.41, 5.74) is 6.29. The van der Waals surface area contributed by atoms with Crippen molar-refractivity contribution in [3.05, 3.63) is 98.0 Å². The molecule has 2 amide bonds. The number of carbonyl (C=O) groups is 2. The number of hydrogen-bond donors (Lipinski definition) is 1. The van der Waals surface area contributed by atoms with E-state index >= 15 is 0 Å². The number of anilines is 1. The Bertz CT molecular complexity index is 2130. The molecule has 1 aromatic heterocycles.